The van der Waals surface area contributed by atoms with Crippen molar-refractivity contribution < 1.29 is 0 Å². The Balaban J connectivity index is 1.87. The highest BCUT2D eigenvalue weighted by Gasteiger charge is 2.32. The van der Waals surface area contributed by atoms with E-state index in [1.165, 1.54) is 64.3 Å². The number of fused-ring (bicyclic) bond motifs is 1. The first kappa shape index (κ1) is 10.5. The number of rotatable bonds is 3. The third-order valence-corrected chi connectivity index (χ3v) is 4.12. The van der Waals surface area contributed by atoms with Crippen molar-refractivity contribution in [2.75, 3.05) is 6.54 Å². The molecule has 2 heterocycles. The minimum atomic E-state index is 0.957. The Labute approximate surface area is 88.9 Å². The van der Waals surface area contributed by atoms with Gasteiger partial charge >= 0.3 is 0 Å². The van der Waals surface area contributed by atoms with Gasteiger partial charge in [0.2, 0.25) is 0 Å². The predicted octanol–water partition coefficient (Wildman–Crippen LogP) is 3.58. The summed E-state index contributed by atoms with van der Waals surface area (Å²) in [6.45, 7) is 3.72. The van der Waals surface area contributed by atoms with Crippen molar-refractivity contribution in [3.8, 4) is 0 Å². The van der Waals surface area contributed by atoms with E-state index < -0.39 is 0 Å². The molecule has 0 saturated carbocycles. The van der Waals surface area contributed by atoms with Crippen LogP contribution in [0.4, 0.5) is 0 Å². The maximum atomic E-state index is 2.85. The van der Waals surface area contributed by atoms with E-state index in [1.54, 1.807) is 0 Å². The molecule has 1 heteroatoms. The van der Waals surface area contributed by atoms with Gasteiger partial charge in [-0.2, -0.15) is 0 Å². The minimum Gasteiger partial charge on any atom is -0.297 e. The van der Waals surface area contributed by atoms with Crippen LogP contribution in [0.3, 0.4) is 0 Å². The molecule has 14 heavy (non-hydrogen) atoms. The van der Waals surface area contributed by atoms with Crippen LogP contribution in [0.25, 0.3) is 0 Å². The van der Waals surface area contributed by atoms with Crippen LogP contribution >= 0.6 is 0 Å². The topological polar surface area (TPSA) is 3.24 Å². The highest BCUT2D eigenvalue weighted by atomic mass is 15.2. The number of unbranched alkanes of at least 4 members (excludes halogenated alkanes) is 1. The molecule has 0 aromatic heterocycles. The molecule has 82 valence electrons. The van der Waals surface area contributed by atoms with Gasteiger partial charge < -0.3 is 0 Å². The van der Waals surface area contributed by atoms with E-state index in [9.17, 15) is 0 Å². The zero-order chi connectivity index (χ0) is 9.80. The average molecular weight is 195 g/mol. The van der Waals surface area contributed by atoms with Crippen molar-refractivity contribution in [1.29, 1.82) is 0 Å². The average Bonchev–Trinajstić information content (AvgIpc) is 2.45. The van der Waals surface area contributed by atoms with Crippen molar-refractivity contribution in [1.82, 2.24) is 4.90 Å². The Bertz CT molecular complexity index is 167. The Kier molecular flexibility index (Phi) is 3.86. The van der Waals surface area contributed by atoms with E-state index >= 15 is 0 Å². The zero-order valence-corrected chi connectivity index (χ0v) is 9.67. The fourth-order valence-corrected chi connectivity index (χ4v) is 3.29. The molecule has 2 aliphatic rings. The van der Waals surface area contributed by atoms with Crippen LogP contribution in [0.5, 0.6) is 0 Å². The lowest BCUT2D eigenvalue weighted by atomic mass is 10.1. The fraction of sp³-hybridized carbons (Fsp3) is 1.00. The number of nitrogens with zero attached hydrogens (tertiary/aromatic N) is 1. The lowest BCUT2D eigenvalue weighted by Crippen LogP contribution is -2.35. The van der Waals surface area contributed by atoms with Gasteiger partial charge in [0, 0.05) is 12.1 Å². The SMILES string of the molecule is CCCCC1CCC2CCCCCN12. The fourth-order valence-electron chi connectivity index (χ4n) is 3.29. The van der Waals surface area contributed by atoms with Gasteiger partial charge in [0.25, 0.3) is 0 Å². The molecular weight excluding hydrogens is 170 g/mol. The van der Waals surface area contributed by atoms with Crippen LogP contribution in [0.15, 0.2) is 0 Å². The summed E-state index contributed by atoms with van der Waals surface area (Å²) in [4.78, 5) is 2.85. The molecule has 0 aromatic rings. The first-order valence-corrected chi connectivity index (χ1v) is 6.67. The van der Waals surface area contributed by atoms with Crippen LogP contribution in [-0.4, -0.2) is 23.5 Å². The van der Waals surface area contributed by atoms with Crippen LogP contribution in [-0.2, 0) is 0 Å². The molecule has 2 unspecified atom stereocenters. The van der Waals surface area contributed by atoms with Crippen LogP contribution in [0.1, 0.15) is 64.7 Å². The maximum absolute atomic E-state index is 2.85. The van der Waals surface area contributed by atoms with Crippen LogP contribution in [0.2, 0.25) is 0 Å². The Morgan fingerprint density at radius 1 is 1.07 bits per heavy atom. The molecule has 0 radical (unpaired) electrons. The van der Waals surface area contributed by atoms with Gasteiger partial charge in [-0.3, -0.25) is 4.90 Å². The molecule has 2 saturated heterocycles. The summed E-state index contributed by atoms with van der Waals surface area (Å²) in [5, 5.41) is 0. The van der Waals surface area contributed by atoms with E-state index in [0.29, 0.717) is 0 Å². The summed E-state index contributed by atoms with van der Waals surface area (Å²) in [5.74, 6) is 0. The molecule has 0 aromatic carbocycles. The normalized spacial score (nSPS) is 34.1. The van der Waals surface area contributed by atoms with Crippen molar-refractivity contribution in [3.63, 3.8) is 0 Å². The van der Waals surface area contributed by atoms with E-state index in [-0.39, 0.29) is 0 Å². The molecular formula is C13H25N. The van der Waals surface area contributed by atoms with Crippen molar-refractivity contribution in [3.05, 3.63) is 0 Å². The van der Waals surface area contributed by atoms with E-state index in [4.69, 9.17) is 0 Å². The van der Waals surface area contributed by atoms with Gasteiger partial charge in [0.15, 0.2) is 0 Å². The summed E-state index contributed by atoms with van der Waals surface area (Å²) in [6, 6.07) is 1.93. The van der Waals surface area contributed by atoms with Gasteiger partial charge in [-0.25, -0.2) is 0 Å². The van der Waals surface area contributed by atoms with Crippen molar-refractivity contribution in [2.24, 2.45) is 0 Å². The first-order chi connectivity index (χ1) is 6.92. The third kappa shape index (κ3) is 2.31. The molecule has 0 spiro atoms. The predicted molar refractivity (Wildman–Crippen MR) is 61.5 cm³/mol. The molecule has 2 aliphatic heterocycles. The number of hydrogen-bond acceptors (Lipinski definition) is 1. The van der Waals surface area contributed by atoms with E-state index in [1.807, 2.05) is 0 Å². The second-order valence-corrected chi connectivity index (χ2v) is 5.11. The molecule has 2 rings (SSSR count). The summed E-state index contributed by atoms with van der Waals surface area (Å²) in [6.07, 6.45) is 13.2. The molecule has 1 nitrogen and oxygen atoms in total. The summed E-state index contributed by atoms with van der Waals surface area (Å²) in [7, 11) is 0. The maximum Gasteiger partial charge on any atom is 0.00987 e. The van der Waals surface area contributed by atoms with E-state index in [2.05, 4.69) is 11.8 Å². The third-order valence-electron chi connectivity index (χ3n) is 4.12. The van der Waals surface area contributed by atoms with Crippen molar-refractivity contribution in [2.45, 2.75) is 76.8 Å². The van der Waals surface area contributed by atoms with Gasteiger partial charge in [0.05, 0.1) is 0 Å². The second kappa shape index (κ2) is 5.16. The lowest BCUT2D eigenvalue weighted by Gasteiger charge is -2.28. The number of hydrogen-bond donors (Lipinski definition) is 0. The highest BCUT2D eigenvalue weighted by Crippen LogP contribution is 2.32. The Morgan fingerprint density at radius 2 is 2.00 bits per heavy atom. The summed E-state index contributed by atoms with van der Waals surface area (Å²) in [5.41, 5.74) is 0. The molecule has 2 fully saturated rings. The van der Waals surface area contributed by atoms with Crippen LogP contribution < -0.4 is 0 Å². The van der Waals surface area contributed by atoms with Crippen LogP contribution in [0, 0.1) is 0 Å². The Morgan fingerprint density at radius 3 is 2.86 bits per heavy atom. The minimum absolute atomic E-state index is 0.957. The molecule has 0 aliphatic carbocycles. The monoisotopic (exact) mass is 195 g/mol. The van der Waals surface area contributed by atoms with Crippen molar-refractivity contribution >= 4 is 0 Å². The van der Waals surface area contributed by atoms with Gasteiger partial charge in [-0.05, 0) is 38.6 Å². The van der Waals surface area contributed by atoms with Gasteiger partial charge in [-0.15, -0.1) is 0 Å². The summed E-state index contributed by atoms with van der Waals surface area (Å²) < 4.78 is 0. The largest absolute Gasteiger partial charge is 0.297 e. The molecule has 0 amide bonds. The lowest BCUT2D eigenvalue weighted by molar-refractivity contribution is 0.187. The summed E-state index contributed by atoms with van der Waals surface area (Å²) >= 11 is 0. The Hall–Kier alpha value is -0.0400. The van der Waals surface area contributed by atoms with E-state index in [0.717, 1.165) is 12.1 Å². The molecule has 0 N–H and O–H groups in total. The quantitative estimate of drug-likeness (QED) is 0.665. The first-order valence-electron chi connectivity index (χ1n) is 6.67. The zero-order valence-electron chi connectivity index (χ0n) is 9.67. The second-order valence-electron chi connectivity index (χ2n) is 5.11. The van der Waals surface area contributed by atoms with Gasteiger partial charge in [0.1, 0.15) is 0 Å². The standard InChI is InChI=1S/C13H25N/c1-2-3-7-12-9-10-13-8-5-4-6-11-14(12)13/h12-13H,2-11H2,1H3. The highest BCUT2D eigenvalue weighted by molar-refractivity contribution is 4.88. The molecule has 0 bridgehead atoms. The smallest absolute Gasteiger partial charge is 0.00987 e. The molecule has 2 atom stereocenters. The van der Waals surface area contributed by atoms with Gasteiger partial charge in [-0.1, -0.05) is 32.6 Å².